The van der Waals surface area contributed by atoms with Crippen molar-refractivity contribution in [1.29, 1.82) is 0 Å². The second-order valence-electron chi connectivity index (χ2n) is 7.75. The van der Waals surface area contributed by atoms with Crippen molar-refractivity contribution in [1.82, 2.24) is 9.88 Å². The Morgan fingerprint density at radius 2 is 1.96 bits per heavy atom. The fourth-order valence-corrected chi connectivity index (χ4v) is 4.13. The van der Waals surface area contributed by atoms with E-state index in [1.807, 2.05) is 0 Å². The number of carbonyl (C=O) groups is 1. The van der Waals surface area contributed by atoms with Crippen LogP contribution in [0.25, 0.3) is 0 Å². The molecule has 2 heterocycles. The fraction of sp³-hybridized carbons (Fsp3) is 0.455. The average Bonchev–Trinajstić information content (AvgIpc) is 2.72. The number of aromatic amines is 1. The lowest BCUT2D eigenvalue weighted by Gasteiger charge is -2.32. The molecule has 4 rings (SSSR count). The van der Waals surface area contributed by atoms with Gasteiger partial charge < -0.3 is 14.6 Å². The Bertz CT molecular complexity index is 907. The summed E-state index contributed by atoms with van der Waals surface area (Å²) in [5, 5.41) is 0. The minimum atomic E-state index is -0.294. The molecule has 1 aliphatic heterocycles. The maximum Gasteiger partial charge on any atom is 0.261 e. The van der Waals surface area contributed by atoms with Gasteiger partial charge >= 0.3 is 0 Å². The van der Waals surface area contributed by atoms with Gasteiger partial charge in [0.25, 0.3) is 11.5 Å². The third-order valence-corrected chi connectivity index (χ3v) is 5.67. The van der Waals surface area contributed by atoms with Crippen LogP contribution in [-0.2, 0) is 12.8 Å². The summed E-state index contributed by atoms with van der Waals surface area (Å²) in [6.07, 6.45) is 5.82. The number of hydrogen-bond acceptors (Lipinski definition) is 3. The topological polar surface area (TPSA) is 62.4 Å². The van der Waals surface area contributed by atoms with Crippen molar-refractivity contribution in [3.63, 3.8) is 0 Å². The Balaban J connectivity index is 1.42. The van der Waals surface area contributed by atoms with Crippen LogP contribution in [-0.4, -0.2) is 35.5 Å². The molecule has 0 saturated carbocycles. The Morgan fingerprint density at radius 1 is 1.18 bits per heavy atom. The van der Waals surface area contributed by atoms with Crippen molar-refractivity contribution < 1.29 is 13.9 Å². The number of nitrogens with zero attached hydrogens (tertiary/aromatic N) is 1. The number of halogens is 1. The first-order chi connectivity index (χ1) is 13.6. The number of benzene rings is 1. The number of amides is 1. The third kappa shape index (κ3) is 4.11. The highest BCUT2D eigenvalue weighted by Gasteiger charge is 2.27. The van der Waals surface area contributed by atoms with E-state index in [9.17, 15) is 14.0 Å². The summed E-state index contributed by atoms with van der Waals surface area (Å²) < 4.78 is 18.8. The maximum atomic E-state index is 13.0. The molecule has 1 fully saturated rings. The number of rotatable bonds is 4. The lowest BCUT2D eigenvalue weighted by atomic mass is 9.94. The van der Waals surface area contributed by atoms with E-state index in [2.05, 4.69) is 4.98 Å². The Hall–Kier alpha value is -2.63. The summed E-state index contributed by atoms with van der Waals surface area (Å²) in [4.78, 5) is 30.1. The van der Waals surface area contributed by atoms with E-state index in [4.69, 9.17) is 4.74 Å². The third-order valence-electron chi connectivity index (χ3n) is 5.67. The first kappa shape index (κ1) is 18.7. The van der Waals surface area contributed by atoms with Crippen molar-refractivity contribution >= 4 is 5.91 Å². The molecule has 28 heavy (non-hydrogen) atoms. The van der Waals surface area contributed by atoms with Gasteiger partial charge in [-0.2, -0.15) is 0 Å². The molecule has 2 aromatic rings. The average molecular weight is 384 g/mol. The Kier molecular flexibility index (Phi) is 5.46. The smallest absolute Gasteiger partial charge is 0.261 e. The molecule has 1 aliphatic carbocycles. The molecule has 1 amide bonds. The highest BCUT2D eigenvalue weighted by molar-refractivity contribution is 5.94. The van der Waals surface area contributed by atoms with Crippen LogP contribution in [0.4, 0.5) is 4.39 Å². The lowest BCUT2D eigenvalue weighted by molar-refractivity contribution is 0.0631. The molecule has 148 valence electrons. The van der Waals surface area contributed by atoms with Gasteiger partial charge in [-0.3, -0.25) is 9.59 Å². The van der Waals surface area contributed by atoms with Gasteiger partial charge in [0.15, 0.2) is 0 Å². The molecule has 1 saturated heterocycles. The molecule has 1 unspecified atom stereocenters. The van der Waals surface area contributed by atoms with Crippen LogP contribution in [0.2, 0.25) is 0 Å². The second kappa shape index (κ2) is 8.17. The van der Waals surface area contributed by atoms with Crippen LogP contribution in [0.15, 0.2) is 35.1 Å². The number of nitrogens with one attached hydrogen (secondary N) is 1. The molecule has 0 bridgehead atoms. The van der Waals surface area contributed by atoms with Crippen LogP contribution >= 0.6 is 0 Å². The number of aryl methyl sites for hydroxylation is 2. The van der Waals surface area contributed by atoms with Crippen LogP contribution in [0.1, 0.15) is 47.3 Å². The number of hydrogen-bond donors (Lipinski definition) is 1. The van der Waals surface area contributed by atoms with E-state index < -0.39 is 0 Å². The predicted octanol–water partition coefficient (Wildman–Crippen LogP) is 3.32. The van der Waals surface area contributed by atoms with Crippen molar-refractivity contribution in [2.24, 2.45) is 5.92 Å². The van der Waals surface area contributed by atoms with E-state index in [0.717, 1.165) is 49.8 Å². The van der Waals surface area contributed by atoms with Crippen molar-refractivity contribution in [2.45, 2.75) is 38.5 Å². The van der Waals surface area contributed by atoms with Gasteiger partial charge in [-0.1, -0.05) is 0 Å². The molecule has 5 nitrogen and oxygen atoms in total. The summed E-state index contributed by atoms with van der Waals surface area (Å²) >= 11 is 0. The molecule has 2 aliphatic rings. The van der Waals surface area contributed by atoms with Crippen LogP contribution in [0.5, 0.6) is 5.75 Å². The van der Waals surface area contributed by atoms with Crippen molar-refractivity contribution in [3.8, 4) is 5.75 Å². The molecule has 1 aromatic carbocycles. The number of H-pyrrole nitrogens is 1. The minimum Gasteiger partial charge on any atom is -0.493 e. The van der Waals surface area contributed by atoms with Crippen LogP contribution < -0.4 is 10.3 Å². The summed E-state index contributed by atoms with van der Waals surface area (Å²) in [5.41, 5.74) is 2.05. The van der Waals surface area contributed by atoms with Crippen molar-refractivity contribution in [2.75, 3.05) is 19.7 Å². The van der Waals surface area contributed by atoms with Gasteiger partial charge in [-0.15, -0.1) is 0 Å². The fourth-order valence-electron chi connectivity index (χ4n) is 4.13. The van der Waals surface area contributed by atoms with Gasteiger partial charge in [0.1, 0.15) is 17.1 Å². The monoisotopic (exact) mass is 384 g/mol. The standard InChI is InChI=1S/C22H25FN2O3/c23-17-7-9-18(10-8-17)28-14-15-4-3-11-25(13-15)22(27)19-12-16-5-1-2-6-20(16)24-21(19)26/h7-10,12,15H,1-6,11,13-14H2,(H,24,26). The van der Waals surface area contributed by atoms with Gasteiger partial charge in [-0.05, 0) is 74.4 Å². The molecule has 1 aromatic heterocycles. The van der Waals surface area contributed by atoms with E-state index in [1.54, 1.807) is 23.1 Å². The lowest BCUT2D eigenvalue weighted by Crippen LogP contribution is -2.43. The SMILES string of the molecule is O=C(c1cc2c([nH]c1=O)CCCC2)N1CCCC(COc2ccc(F)cc2)C1. The van der Waals surface area contributed by atoms with E-state index in [0.29, 0.717) is 25.4 Å². The molecule has 6 heteroatoms. The van der Waals surface area contributed by atoms with Gasteiger partial charge in [0.2, 0.25) is 0 Å². The Labute approximate surface area is 163 Å². The molecule has 0 spiro atoms. The summed E-state index contributed by atoms with van der Waals surface area (Å²) in [5.74, 6) is 0.327. The number of pyridine rings is 1. The van der Waals surface area contributed by atoms with E-state index >= 15 is 0 Å². The highest BCUT2D eigenvalue weighted by Crippen LogP contribution is 2.22. The largest absolute Gasteiger partial charge is 0.493 e. The predicted molar refractivity (Wildman–Crippen MR) is 104 cm³/mol. The Morgan fingerprint density at radius 3 is 2.79 bits per heavy atom. The number of likely N-dealkylation sites (tertiary alicyclic amines) is 1. The first-order valence-electron chi connectivity index (χ1n) is 10.0. The van der Waals surface area contributed by atoms with Gasteiger partial charge in [0, 0.05) is 24.7 Å². The number of piperidine rings is 1. The molecule has 1 N–H and O–H groups in total. The maximum absolute atomic E-state index is 13.0. The summed E-state index contributed by atoms with van der Waals surface area (Å²) in [6.45, 7) is 1.69. The zero-order valence-electron chi connectivity index (χ0n) is 15.9. The summed E-state index contributed by atoms with van der Waals surface area (Å²) in [7, 11) is 0. The number of fused-ring (bicyclic) bond motifs is 1. The molecule has 0 radical (unpaired) electrons. The van der Waals surface area contributed by atoms with Crippen molar-refractivity contribution in [3.05, 3.63) is 63.3 Å². The number of carbonyl (C=O) groups excluding carboxylic acids is 1. The summed E-state index contributed by atoms with van der Waals surface area (Å²) in [6, 6.07) is 7.75. The first-order valence-corrected chi connectivity index (χ1v) is 10.0. The molecular weight excluding hydrogens is 359 g/mol. The normalized spacial score (nSPS) is 19.2. The van der Waals surface area contributed by atoms with Crippen LogP contribution in [0.3, 0.4) is 0 Å². The quantitative estimate of drug-likeness (QED) is 0.880. The number of aromatic nitrogens is 1. The van der Waals surface area contributed by atoms with Crippen LogP contribution in [0, 0.1) is 11.7 Å². The minimum absolute atomic E-state index is 0.193. The molecular formula is C22H25FN2O3. The second-order valence-corrected chi connectivity index (χ2v) is 7.75. The zero-order chi connectivity index (χ0) is 19.5. The number of ether oxygens (including phenoxy) is 1. The van der Waals surface area contributed by atoms with Gasteiger partial charge in [0.05, 0.1) is 6.61 Å². The van der Waals surface area contributed by atoms with E-state index in [1.165, 1.54) is 12.1 Å². The zero-order valence-corrected chi connectivity index (χ0v) is 15.9. The van der Waals surface area contributed by atoms with E-state index in [-0.39, 0.29) is 28.8 Å². The van der Waals surface area contributed by atoms with Gasteiger partial charge in [-0.25, -0.2) is 4.39 Å². The molecule has 1 atom stereocenters. The highest BCUT2D eigenvalue weighted by atomic mass is 19.1.